The van der Waals surface area contributed by atoms with E-state index in [9.17, 15) is 19.7 Å². The first-order valence-electron chi connectivity index (χ1n) is 11.5. The Morgan fingerprint density at radius 3 is 2.09 bits per heavy atom. The number of nitrogens with zero attached hydrogens (tertiary/aromatic N) is 1. The molecule has 9 nitrogen and oxygen atoms in total. The van der Waals surface area contributed by atoms with Crippen molar-refractivity contribution in [3.8, 4) is 0 Å². The van der Waals surface area contributed by atoms with Crippen LogP contribution in [-0.2, 0) is 18.9 Å². The molecule has 1 heterocycles. The van der Waals surface area contributed by atoms with Crippen LogP contribution in [0.25, 0.3) is 0 Å². The van der Waals surface area contributed by atoms with Gasteiger partial charge in [-0.15, -0.1) is 0 Å². The molecule has 0 aromatic carbocycles. The van der Waals surface area contributed by atoms with Gasteiger partial charge in [0.25, 0.3) is 0 Å². The van der Waals surface area contributed by atoms with Crippen molar-refractivity contribution >= 4 is 18.9 Å². The quantitative estimate of drug-likeness (QED) is 0.348. The van der Waals surface area contributed by atoms with E-state index in [1.165, 1.54) is 6.92 Å². The highest BCUT2D eigenvalue weighted by Gasteiger charge is 2.52. The van der Waals surface area contributed by atoms with Crippen LogP contribution in [0.15, 0.2) is 0 Å². The van der Waals surface area contributed by atoms with Gasteiger partial charge < -0.3 is 19.9 Å². The van der Waals surface area contributed by atoms with Gasteiger partial charge in [-0.2, -0.15) is 0 Å². The molecule has 0 radical (unpaired) electrons. The Bertz CT molecular complexity index is 720. The van der Waals surface area contributed by atoms with Gasteiger partial charge >= 0.3 is 7.12 Å². The van der Waals surface area contributed by atoms with Gasteiger partial charge in [0.2, 0.25) is 18.4 Å². The molecular weight excluding hydrogens is 413 g/mol. The number of carbonyl (C=O) groups is 2. The summed E-state index contributed by atoms with van der Waals surface area (Å²) in [6, 6.07) is 0. The van der Waals surface area contributed by atoms with Crippen molar-refractivity contribution in [1.82, 2.24) is 10.6 Å². The van der Waals surface area contributed by atoms with Crippen LogP contribution in [0.3, 0.4) is 0 Å². The van der Waals surface area contributed by atoms with Crippen LogP contribution in [-0.4, -0.2) is 52.7 Å². The fourth-order valence-corrected chi connectivity index (χ4v) is 4.87. The maximum atomic E-state index is 13.3. The van der Waals surface area contributed by atoms with Crippen LogP contribution in [0.4, 0.5) is 0 Å². The number of carbonyl (C=O) groups excluding carboxylic acids is 2. The maximum absolute atomic E-state index is 13.3. The van der Waals surface area contributed by atoms with E-state index in [0.717, 1.165) is 0 Å². The van der Waals surface area contributed by atoms with Crippen LogP contribution < -0.4 is 10.6 Å². The largest absolute Gasteiger partial charge is 0.457 e. The number of amides is 2. The molecule has 0 spiro atoms. The Labute approximate surface area is 192 Å². The Morgan fingerprint density at radius 1 is 1.09 bits per heavy atom. The maximum Gasteiger partial charge on any atom is 0.457 e. The lowest BCUT2D eigenvalue weighted by atomic mass is 9.66. The highest BCUT2D eigenvalue weighted by Crippen LogP contribution is 2.42. The van der Waals surface area contributed by atoms with Gasteiger partial charge in [0.1, 0.15) is 5.54 Å². The number of nitrogens with one attached hydrogen (secondary N) is 2. The minimum atomic E-state index is -1.17. The summed E-state index contributed by atoms with van der Waals surface area (Å²) in [7, 11) is -0.366. The molecule has 1 saturated carbocycles. The zero-order valence-corrected chi connectivity index (χ0v) is 20.9. The predicted octanol–water partition coefficient (Wildman–Crippen LogP) is 2.95. The lowest BCUT2D eigenvalue weighted by Gasteiger charge is -2.44. The Morgan fingerprint density at radius 2 is 1.62 bits per heavy atom. The molecule has 32 heavy (non-hydrogen) atoms. The molecule has 1 aliphatic carbocycles. The van der Waals surface area contributed by atoms with E-state index in [-0.39, 0.29) is 48.7 Å². The molecule has 2 aliphatic rings. The molecule has 0 bridgehead atoms. The predicted molar refractivity (Wildman–Crippen MR) is 123 cm³/mol. The second kappa shape index (κ2) is 9.29. The number of rotatable bonds is 7. The zero-order chi connectivity index (χ0) is 24.5. The van der Waals surface area contributed by atoms with Gasteiger partial charge in [-0.3, -0.25) is 19.7 Å². The van der Waals surface area contributed by atoms with E-state index < -0.39 is 22.3 Å². The first-order chi connectivity index (χ1) is 14.4. The van der Waals surface area contributed by atoms with Crippen molar-refractivity contribution in [1.29, 1.82) is 0 Å². The van der Waals surface area contributed by atoms with E-state index in [1.54, 1.807) is 0 Å². The van der Waals surface area contributed by atoms with Crippen molar-refractivity contribution in [2.24, 2.45) is 11.8 Å². The van der Waals surface area contributed by atoms with Crippen molar-refractivity contribution in [2.45, 2.75) is 110 Å². The van der Waals surface area contributed by atoms with Gasteiger partial charge in [0.15, 0.2) is 0 Å². The van der Waals surface area contributed by atoms with Crippen molar-refractivity contribution in [3.63, 3.8) is 0 Å². The summed E-state index contributed by atoms with van der Waals surface area (Å²) < 4.78 is 12.2. The summed E-state index contributed by atoms with van der Waals surface area (Å²) in [6.07, 6.45) is 2.63. The summed E-state index contributed by atoms with van der Waals surface area (Å²) >= 11 is 0. The smallest absolute Gasteiger partial charge is 0.403 e. The Hall–Kier alpha value is -1.68. The highest BCUT2D eigenvalue weighted by atomic mass is 16.7. The summed E-state index contributed by atoms with van der Waals surface area (Å²) in [5.41, 5.74) is -2.51. The third kappa shape index (κ3) is 6.67. The molecule has 0 aromatic rings. The molecule has 2 fully saturated rings. The average Bonchev–Trinajstić information content (AvgIpc) is 2.77. The Balaban J connectivity index is 2.22. The molecule has 10 heteroatoms. The fraction of sp³-hybridized carbons (Fsp3) is 0.909. The molecule has 1 saturated heterocycles. The van der Waals surface area contributed by atoms with Crippen LogP contribution >= 0.6 is 0 Å². The first-order valence-corrected chi connectivity index (χ1v) is 11.5. The summed E-state index contributed by atoms with van der Waals surface area (Å²) in [4.78, 5) is 36.4. The highest BCUT2D eigenvalue weighted by molar-refractivity contribution is 6.45. The van der Waals surface area contributed by atoms with E-state index in [2.05, 4.69) is 10.6 Å². The lowest BCUT2D eigenvalue weighted by Crippen LogP contribution is -2.64. The molecule has 2 amide bonds. The third-order valence-electron chi connectivity index (χ3n) is 6.80. The number of nitro groups is 1. The average molecular weight is 453 g/mol. The van der Waals surface area contributed by atoms with Crippen LogP contribution in [0.1, 0.15) is 81.1 Å². The monoisotopic (exact) mass is 453 g/mol. The fourth-order valence-electron chi connectivity index (χ4n) is 4.87. The SMILES string of the molecule is CC(=O)NC1(C(=O)NC(C)(C)C)CC(CCB2OC(C)(C)C(C)(C)O2)CC(C[N+](=O)[O-])C1. The second-order valence-electron chi connectivity index (χ2n) is 11.6. The minimum Gasteiger partial charge on any atom is -0.403 e. The summed E-state index contributed by atoms with van der Waals surface area (Å²) in [5, 5.41) is 17.1. The third-order valence-corrected chi connectivity index (χ3v) is 6.80. The van der Waals surface area contributed by atoms with Gasteiger partial charge in [0, 0.05) is 23.3 Å². The molecule has 2 N–H and O–H groups in total. The van der Waals surface area contributed by atoms with Crippen LogP contribution in [0.2, 0.25) is 6.32 Å². The zero-order valence-electron chi connectivity index (χ0n) is 20.9. The van der Waals surface area contributed by atoms with Crippen molar-refractivity contribution in [2.75, 3.05) is 6.54 Å². The van der Waals surface area contributed by atoms with E-state index in [1.807, 2.05) is 48.5 Å². The molecule has 1 aliphatic heterocycles. The minimum absolute atomic E-state index is 0.0188. The van der Waals surface area contributed by atoms with E-state index in [0.29, 0.717) is 25.6 Å². The molecule has 0 aromatic heterocycles. The van der Waals surface area contributed by atoms with E-state index in [4.69, 9.17) is 9.31 Å². The van der Waals surface area contributed by atoms with Gasteiger partial charge in [-0.25, -0.2) is 0 Å². The lowest BCUT2D eigenvalue weighted by molar-refractivity contribution is -0.489. The molecule has 182 valence electrons. The van der Waals surface area contributed by atoms with Gasteiger partial charge in [-0.1, -0.05) is 6.42 Å². The normalized spacial score (nSPS) is 29.4. The standard InChI is InChI=1S/C22H40BN3O6/c1-15(27)24-22(18(28)25-19(2,3)4)12-16(11-17(13-22)14-26(29)30)9-10-23-31-20(5,6)21(7,8)32-23/h16-17H,9-14H2,1-8H3,(H,24,27)(H,25,28). The molecular formula is C22H40BN3O6. The van der Waals surface area contributed by atoms with Crippen LogP contribution in [0, 0.1) is 22.0 Å². The molecule has 2 rings (SSSR count). The summed E-state index contributed by atoms with van der Waals surface area (Å²) in [5.74, 6) is -0.890. The Kier molecular flexibility index (Phi) is 7.72. The molecule has 3 atom stereocenters. The molecule has 3 unspecified atom stereocenters. The number of hydrogen-bond donors (Lipinski definition) is 2. The van der Waals surface area contributed by atoms with Crippen molar-refractivity contribution < 1.29 is 23.8 Å². The topological polar surface area (TPSA) is 120 Å². The van der Waals surface area contributed by atoms with Crippen molar-refractivity contribution in [3.05, 3.63) is 10.1 Å². The van der Waals surface area contributed by atoms with Gasteiger partial charge in [0.05, 0.1) is 11.2 Å². The van der Waals surface area contributed by atoms with Crippen LogP contribution in [0.5, 0.6) is 0 Å². The van der Waals surface area contributed by atoms with E-state index >= 15 is 0 Å². The first kappa shape index (κ1) is 26.6. The summed E-state index contributed by atoms with van der Waals surface area (Å²) in [6.45, 7) is 14.8. The second-order valence-corrected chi connectivity index (χ2v) is 11.6. The number of hydrogen-bond acceptors (Lipinski definition) is 6. The van der Waals surface area contributed by atoms with Gasteiger partial charge in [-0.05, 0) is 80.0 Å².